The summed E-state index contributed by atoms with van der Waals surface area (Å²) < 4.78 is 13.5. The van der Waals surface area contributed by atoms with Crippen molar-refractivity contribution in [3.8, 4) is 0 Å². The van der Waals surface area contributed by atoms with Gasteiger partial charge in [0, 0.05) is 42.7 Å². The Morgan fingerprint density at radius 2 is 2.12 bits per heavy atom. The topological polar surface area (TPSA) is 65.2 Å². The van der Waals surface area contributed by atoms with Gasteiger partial charge in [0.1, 0.15) is 5.82 Å². The molecule has 2 fully saturated rings. The van der Waals surface area contributed by atoms with Crippen molar-refractivity contribution in [3.05, 3.63) is 35.8 Å². The van der Waals surface area contributed by atoms with Crippen molar-refractivity contribution in [1.82, 2.24) is 15.2 Å². The Labute approximate surface area is 151 Å². The maximum atomic E-state index is 13.5. The van der Waals surface area contributed by atoms with Crippen LogP contribution in [0.15, 0.2) is 24.4 Å². The van der Waals surface area contributed by atoms with Crippen LogP contribution >= 0.6 is 0 Å². The second-order valence-electron chi connectivity index (χ2n) is 7.48. The molecule has 138 valence electrons. The first kappa shape index (κ1) is 17.1. The predicted octanol–water partition coefficient (Wildman–Crippen LogP) is 2.76. The molecule has 0 spiro atoms. The number of hydrogen-bond acceptors (Lipinski definition) is 2. The molecule has 4 rings (SSSR count). The van der Waals surface area contributed by atoms with E-state index in [4.69, 9.17) is 0 Å². The van der Waals surface area contributed by atoms with Gasteiger partial charge in [-0.3, -0.25) is 9.59 Å². The third-order valence-electron chi connectivity index (χ3n) is 5.67. The largest absolute Gasteiger partial charge is 0.361 e. The van der Waals surface area contributed by atoms with Crippen LogP contribution in [0.25, 0.3) is 10.9 Å². The van der Waals surface area contributed by atoms with Crippen LogP contribution in [0.5, 0.6) is 0 Å². The van der Waals surface area contributed by atoms with Crippen LogP contribution in [-0.2, 0) is 16.0 Å². The number of aromatic amines is 1. The molecular weight excluding hydrogens is 333 g/mol. The fourth-order valence-corrected chi connectivity index (χ4v) is 4.17. The molecular formula is C20H24FN3O2. The van der Waals surface area contributed by atoms with E-state index >= 15 is 0 Å². The van der Waals surface area contributed by atoms with Crippen LogP contribution in [0.4, 0.5) is 4.39 Å². The highest BCUT2D eigenvalue weighted by molar-refractivity contribution is 5.89. The number of benzene rings is 1. The van der Waals surface area contributed by atoms with E-state index in [0.717, 1.165) is 29.3 Å². The van der Waals surface area contributed by atoms with E-state index in [1.807, 2.05) is 6.20 Å². The van der Waals surface area contributed by atoms with Crippen LogP contribution < -0.4 is 5.32 Å². The first-order valence-corrected chi connectivity index (χ1v) is 9.44. The normalized spacial score (nSPS) is 21.0. The molecule has 2 aromatic rings. The van der Waals surface area contributed by atoms with Crippen molar-refractivity contribution in [2.24, 2.45) is 5.92 Å². The molecule has 5 nitrogen and oxygen atoms in total. The molecule has 1 aromatic carbocycles. The van der Waals surface area contributed by atoms with E-state index in [0.29, 0.717) is 25.9 Å². The van der Waals surface area contributed by atoms with Gasteiger partial charge in [0.15, 0.2) is 0 Å². The molecule has 1 aliphatic heterocycles. The molecule has 6 heteroatoms. The summed E-state index contributed by atoms with van der Waals surface area (Å²) in [5.74, 6) is -0.465. The Bertz CT molecular complexity index is 826. The lowest BCUT2D eigenvalue weighted by atomic mass is 10.1. The van der Waals surface area contributed by atoms with Gasteiger partial charge in [-0.15, -0.1) is 0 Å². The number of hydrogen-bond donors (Lipinski definition) is 2. The highest BCUT2D eigenvalue weighted by Gasteiger charge is 2.35. The average molecular weight is 357 g/mol. The highest BCUT2D eigenvalue weighted by atomic mass is 19.1. The van der Waals surface area contributed by atoms with E-state index in [2.05, 4.69) is 10.3 Å². The van der Waals surface area contributed by atoms with E-state index in [9.17, 15) is 14.0 Å². The second kappa shape index (κ2) is 7.09. The standard InChI is InChI=1S/C20H24FN3O2/c21-15-5-6-18-17(10-15)13(11-22-18)7-8-24-12-14(9-19(24)25)20(26)23-16-3-1-2-4-16/h5-6,10-11,14,16,22H,1-4,7-9,12H2,(H,23,26)/t14-/m1/s1. The van der Waals surface area contributed by atoms with Gasteiger partial charge >= 0.3 is 0 Å². The summed E-state index contributed by atoms with van der Waals surface area (Å²) in [6.45, 7) is 1.03. The van der Waals surface area contributed by atoms with E-state index in [1.165, 1.54) is 25.0 Å². The van der Waals surface area contributed by atoms with E-state index in [-0.39, 0.29) is 29.6 Å². The van der Waals surface area contributed by atoms with Crippen LogP contribution in [0, 0.1) is 11.7 Å². The van der Waals surface area contributed by atoms with E-state index in [1.54, 1.807) is 11.0 Å². The van der Waals surface area contributed by atoms with E-state index < -0.39 is 0 Å². The van der Waals surface area contributed by atoms with Gasteiger partial charge in [0.2, 0.25) is 11.8 Å². The number of nitrogens with zero attached hydrogens (tertiary/aromatic N) is 1. The predicted molar refractivity (Wildman–Crippen MR) is 97.0 cm³/mol. The second-order valence-corrected chi connectivity index (χ2v) is 7.48. The summed E-state index contributed by atoms with van der Waals surface area (Å²) in [5.41, 5.74) is 1.88. The molecule has 0 radical (unpaired) electrons. The zero-order valence-electron chi connectivity index (χ0n) is 14.8. The van der Waals surface area contributed by atoms with Gasteiger partial charge in [-0.05, 0) is 43.0 Å². The molecule has 2 amide bonds. The number of carbonyl (C=O) groups is 2. The Kier molecular flexibility index (Phi) is 4.66. The maximum Gasteiger partial charge on any atom is 0.225 e. The summed E-state index contributed by atoms with van der Waals surface area (Å²) >= 11 is 0. The number of halogens is 1. The van der Waals surface area contributed by atoms with Crippen molar-refractivity contribution in [2.45, 2.75) is 44.6 Å². The van der Waals surface area contributed by atoms with Crippen molar-refractivity contribution in [1.29, 1.82) is 0 Å². The number of aromatic nitrogens is 1. The van der Waals surface area contributed by atoms with Crippen molar-refractivity contribution < 1.29 is 14.0 Å². The van der Waals surface area contributed by atoms with Gasteiger partial charge < -0.3 is 15.2 Å². The summed E-state index contributed by atoms with van der Waals surface area (Å²) in [7, 11) is 0. The number of amides is 2. The van der Waals surface area contributed by atoms with Crippen molar-refractivity contribution >= 4 is 22.7 Å². The first-order valence-electron chi connectivity index (χ1n) is 9.44. The van der Waals surface area contributed by atoms with Crippen LogP contribution in [0.1, 0.15) is 37.7 Å². The number of nitrogens with one attached hydrogen (secondary N) is 2. The third kappa shape index (κ3) is 3.45. The molecule has 1 aromatic heterocycles. The monoisotopic (exact) mass is 357 g/mol. The summed E-state index contributed by atoms with van der Waals surface area (Å²) in [6, 6.07) is 4.96. The van der Waals surface area contributed by atoms with Gasteiger partial charge in [-0.25, -0.2) is 4.39 Å². The smallest absolute Gasteiger partial charge is 0.225 e. The van der Waals surface area contributed by atoms with Gasteiger partial charge in [0.25, 0.3) is 0 Å². The zero-order chi connectivity index (χ0) is 18.1. The molecule has 26 heavy (non-hydrogen) atoms. The fraction of sp³-hybridized carbons (Fsp3) is 0.500. The van der Waals surface area contributed by atoms with Crippen molar-refractivity contribution in [3.63, 3.8) is 0 Å². The number of H-pyrrole nitrogens is 1. The average Bonchev–Trinajstić information content (AvgIpc) is 3.33. The fourth-order valence-electron chi connectivity index (χ4n) is 4.17. The zero-order valence-corrected chi connectivity index (χ0v) is 14.8. The first-order chi connectivity index (χ1) is 12.6. The Hall–Kier alpha value is -2.37. The maximum absolute atomic E-state index is 13.5. The number of rotatable bonds is 5. The number of carbonyl (C=O) groups excluding carboxylic acids is 2. The third-order valence-corrected chi connectivity index (χ3v) is 5.67. The number of fused-ring (bicyclic) bond motifs is 1. The summed E-state index contributed by atoms with van der Waals surface area (Å²) in [6.07, 6.45) is 7.25. The van der Waals surface area contributed by atoms with Gasteiger partial charge in [0.05, 0.1) is 5.92 Å². The lowest BCUT2D eigenvalue weighted by Crippen LogP contribution is -2.38. The molecule has 2 N–H and O–H groups in total. The van der Waals surface area contributed by atoms with Crippen molar-refractivity contribution in [2.75, 3.05) is 13.1 Å². The molecule has 1 aliphatic carbocycles. The van der Waals surface area contributed by atoms with Gasteiger partial charge in [-0.2, -0.15) is 0 Å². The van der Waals surface area contributed by atoms with Crippen LogP contribution in [0.2, 0.25) is 0 Å². The minimum absolute atomic E-state index is 0.0157. The molecule has 2 heterocycles. The summed E-state index contributed by atoms with van der Waals surface area (Å²) in [5, 5.41) is 3.95. The Morgan fingerprint density at radius 1 is 1.31 bits per heavy atom. The molecule has 2 aliphatic rings. The minimum atomic E-state index is -0.265. The Balaban J connectivity index is 1.35. The quantitative estimate of drug-likeness (QED) is 0.864. The lowest BCUT2D eigenvalue weighted by molar-refractivity contribution is -0.129. The molecule has 1 saturated carbocycles. The van der Waals surface area contributed by atoms with Gasteiger partial charge in [-0.1, -0.05) is 12.8 Å². The SMILES string of the molecule is O=C(NC1CCCC1)[C@@H]1CC(=O)N(CCc2c[nH]c3ccc(F)cc23)C1. The number of likely N-dealkylation sites (tertiary alicyclic amines) is 1. The minimum Gasteiger partial charge on any atom is -0.361 e. The highest BCUT2D eigenvalue weighted by Crippen LogP contribution is 2.24. The Morgan fingerprint density at radius 3 is 2.92 bits per heavy atom. The molecule has 0 unspecified atom stereocenters. The molecule has 1 saturated heterocycles. The molecule has 1 atom stereocenters. The molecule has 0 bridgehead atoms. The van der Waals surface area contributed by atoms with Crippen LogP contribution in [0.3, 0.4) is 0 Å². The lowest BCUT2D eigenvalue weighted by Gasteiger charge is -2.18. The van der Waals surface area contributed by atoms with Crippen LogP contribution in [-0.4, -0.2) is 40.8 Å². The summed E-state index contributed by atoms with van der Waals surface area (Å²) in [4.78, 5) is 29.6.